The van der Waals surface area contributed by atoms with Crippen molar-refractivity contribution in [2.75, 3.05) is 24.6 Å². The number of rotatable bonds is 3. The lowest BCUT2D eigenvalue weighted by Gasteiger charge is -2.28. The number of hydrogen-bond donors (Lipinski definition) is 1. The van der Waals surface area contributed by atoms with Crippen LogP contribution in [0.25, 0.3) is 0 Å². The lowest BCUT2D eigenvalue weighted by atomic mass is 10.2. The summed E-state index contributed by atoms with van der Waals surface area (Å²) in [5.41, 5.74) is 6.79. The smallest absolute Gasteiger partial charge is 0.277 e. The number of carbonyl (C=O) groups excluding carboxylic acids is 1. The first-order valence-corrected chi connectivity index (χ1v) is 7.35. The summed E-state index contributed by atoms with van der Waals surface area (Å²) in [6.07, 6.45) is 0.706. The van der Waals surface area contributed by atoms with Gasteiger partial charge in [-0.25, -0.2) is 4.98 Å². The summed E-state index contributed by atoms with van der Waals surface area (Å²) >= 11 is 1.48. The van der Waals surface area contributed by atoms with Crippen molar-refractivity contribution < 1.29 is 9.53 Å². The standard InChI is InChI=1S/C14H15N3O2S/c15-6-5-13-16-10(9-20-13)14(18)17-7-8-19-12-4-2-1-3-11(12)17/h1-4,9H,5-8,15H2. The molecule has 1 aromatic heterocycles. The molecule has 6 heteroatoms. The molecular formula is C14H15N3O2S. The van der Waals surface area contributed by atoms with E-state index in [2.05, 4.69) is 4.98 Å². The van der Waals surface area contributed by atoms with Crippen LogP contribution in [0.1, 0.15) is 15.5 Å². The van der Waals surface area contributed by atoms with Gasteiger partial charge in [0.2, 0.25) is 0 Å². The molecule has 0 radical (unpaired) electrons. The number of nitrogens with two attached hydrogens (primary N) is 1. The number of anilines is 1. The zero-order valence-corrected chi connectivity index (χ0v) is 11.7. The van der Waals surface area contributed by atoms with Gasteiger partial charge in [-0.3, -0.25) is 4.79 Å². The van der Waals surface area contributed by atoms with Gasteiger partial charge in [-0.1, -0.05) is 12.1 Å². The van der Waals surface area contributed by atoms with Crippen molar-refractivity contribution in [3.63, 3.8) is 0 Å². The second-order valence-electron chi connectivity index (χ2n) is 4.44. The summed E-state index contributed by atoms with van der Waals surface area (Å²) < 4.78 is 5.56. The minimum atomic E-state index is -0.0831. The molecule has 104 valence electrons. The van der Waals surface area contributed by atoms with Crippen molar-refractivity contribution in [1.82, 2.24) is 4.98 Å². The summed E-state index contributed by atoms with van der Waals surface area (Å²) in [7, 11) is 0. The molecule has 0 fully saturated rings. The maximum atomic E-state index is 12.6. The predicted molar refractivity (Wildman–Crippen MR) is 78.5 cm³/mol. The molecule has 1 aliphatic rings. The third-order valence-corrected chi connectivity index (χ3v) is 4.01. The van der Waals surface area contributed by atoms with Crippen LogP contribution in [0.4, 0.5) is 5.69 Å². The SMILES string of the molecule is NCCc1nc(C(=O)N2CCOc3ccccc32)cs1. The van der Waals surface area contributed by atoms with E-state index in [1.54, 1.807) is 10.3 Å². The van der Waals surface area contributed by atoms with E-state index in [9.17, 15) is 4.79 Å². The summed E-state index contributed by atoms with van der Waals surface area (Å²) in [4.78, 5) is 18.6. The number of carbonyl (C=O) groups is 1. The van der Waals surface area contributed by atoms with E-state index in [0.717, 1.165) is 16.4 Å². The van der Waals surface area contributed by atoms with Gasteiger partial charge in [-0.05, 0) is 18.7 Å². The highest BCUT2D eigenvalue weighted by Gasteiger charge is 2.25. The first-order chi connectivity index (χ1) is 9.79. The van der Waals surface area contributed by atoms with Crippen LogP contribution in [-0.2, 0) is 6.42 Å². The second-order valence-corrected chi connectivity index (χ2v) is 5.38. The number of ether oxygens (including phenoxy) is 1. The van der Waals surface area contributed by atoms with Crippen molar-refractivity contribution in [1.29, 1.82) is 0 Å². The van der Waals surface area contributed by atoms with Crippen molar-refractivity contribution in [2.24, 2.45) is 5.73 Å². The number of amides is 1. The maximum Gasteiger partial charge on any atom is 0.277 e. The van der Waals surface area contributed by atoms with E-state index in [0.29, 0.717) is 31.8 Å². The Labute approximate surface area is 121 Å². The summed E-state index contributed by atoms with van der Waals surface area (Å²) in [5, 5.41) is 2.70. The molecule has 2 N–H and O–H groups in total. The van der Waals surface area contributed by atoms with Crippen LogP contribution in [0.15, 0.2) is 29.6 Å². The molecule has 2 aromatic rings. The minimum Gasteiger partial charge on any atom is -0.490 e. The van der Waals surface area contributed by atoms with Crippen molar-refractivity contribution in [3.05, 3.63) is 40.3 Å². The van der Waals surface area contributed by atoms with Crippen LogP contribution in [0.5, 0.6) is 5.75 Å². The Morgan fingerprint density at radius 1 is 1.45 bits per heavy atom. The normalized spacial score (nSPS) is 13.8. The Morgan fingerprint density at radius 2 is 2.30 bits per heavy atom. The molecule has 1 aromatic carbocycles. The molecule has 0 atom stereocenters. The molecule has 2 heterocycles. The van der Waals surface area contributed by atoms with E-state index < -0.39 is 0 Å². The van der Waals surface area contributed by atoms with E-state index in [1.807, 2.05) is 24.3 Å². The number of aromatic nitrogens is 1. The molecule has 0 unspecified atom stereocenters. The van der Waals surface area contributed by atoms with Gasteiger partial charge in [-0.15, -0.1) is 11.3 Å². The van der Waals surface area contributed by atoms with Gasteiger partial charge in [0.15, 0.2) is 0 Å². The highest BCUT2D eigenvalue weighted by molar-refractivity contribution is 7.09. The first-order valence-electron chi connectivity index (χ1n) is 6.48. The highest BCUT2D eigenvalue weighted by Crippen LogP contribution is 2.32. The van der Waals surface area contributed by atoms with Crippen LogP contribution in [0.2, 0.25) is 0 Å². The third kappa shape index (κ3) is 2.39. The van der Waals surface area contributed by atoms with Crippen LogP contribution in [0.3, 0.4) is 0 Å². The van der Waals surface area contributed by atoms with E-state index in [4.69, 9.17) is 10.5 Å². The van der Waals surface area contributed by atoms with Gasteiger partial charge < -0.3 is 15.4 Å². The molecule has 5 nitrogen and oxygen atoms in total. The maximum absolute atomic E-state index is 12.6. The van der Waals surface area contributed by atoms with Gasteiger partial charge in [0, 0.05) is 11.8 Å². The fourth-order valence-electron chi connectivity index (χ4n) is 2.17. The van der Waals surface area contributed by atoms with E-state index in [-0.39, 0.29) is 5.91 Å². The van der Waals surface area contributed by atoms with Gasteiger partial charge in [0.25, 0.3) is 5.91 Å². The topological polar surface area (TPSA) is 68.5 Å². The summed E-state index contributed by atoms with van der Waals surface area (Å²) in [6.45, 7) is 1.59. The van der Waals surface area contributed by atoms with Gasteiger partial charge in [0.1, 0.15) is 18.1 Å². The zero-order chi connectivity index (χ0) is 13.9. The Hall–Kier alpha value is -1.92. The van der Waals surface area contributed by atoms with Gasteiger partial charge in [-0.2, -0.15) is 0 Å². The molecular weight excluding hydrogens is 274 g/mol. The average molecular weight is 289 g/mol. The van der Waals surface area contributed by atoms with E-state index >= 15 is 0 Å². The lowest BCUT2D eigenvalue weighted by Crippen LogP contribution is -2.38. The number of fused-ring (bicyclic) bond motifs is 1. The fourth-order valence-corrected chi connectivity index (χ4v) is 2.95. The van der Waals surface area contributed by atoms with E-state index in [1.165, 1.54) is 11.3 Å². The number of benzene rings is 1. The minimum absolute atomic E-state index is 0.0831. The Balaban J connectivity index is 1.87. The molecule has 3 rings (SSSR count). The largest absolute Gasteiger partial charge is 0.490 e. The lowest BCUT2D eigenvalue weighted by molar-refractivity contribution is 0.0972. The van der Waals surface area contributed by atoms with Gasteiger partial charge in [0.05, 0.1) is 17.2 Å². The molecule has 0 spiro atoms. The average Bonchev–Trinajstić information content (AvgIpc) is 2.95. The first kappa shape index (κ1) is 13.1. The monoisotopic (exact) mass is 289 g/mol. The third-order valence-electron chi connectivity index (χ3n) is 3.10. The second kappa shape index (κ2) is 5.60. The summed E-state index contributed by atoms with van der Waals surface area (Å²) in [5.74, 6) is 0.657. The Bertz CT molecular complexity index is 626. The van der Waals surface area contributed by atoms with Crippen molar-refractivity contribution in [2.45, 2.75) is 6.42 Å². The van der Waals surface area contributed by atoms with Gasteiger partial charge >= 0.3 is 0 Å². The highest BCUT2D eigenvalue weighted by atomic mass is 32.1. The predicted octanol–water partition coefficient (Wildman–Crippen LogP) is 1.68. The molecule has 0 bridgehead atoms. The number of hydrogen-bond acceptors (Lipinski definition) is 5. The zero-order valence-electron chi connectivity index (χ0n) is 10.9. The molecule has 1 amide bonds. The number of nitrogens with zero attached hydrogens (tertiary/aromatic N) is 2. The molecule has 1 aliphatic heterocycles. The Kier molecular flexibility index (Phi) is 3.66. The number of para-hydroxylation sites is 2. The fraction of sp³-hybridized carbons (Fsp3) is 0.286. The molecule has 0 aliphatic carbocycles. The van der Waals surface area contributed by atoms with Crippen LogP contribution in [0, 0.1) is 0 Å². The number of thiazole rings is 1. The Morgan fingerprint density at radius 3 is 3.15 bits per heavy atom. The van der Waals surface area contributed by atoms with Crippen LogP contribution < -0.4 is 15.4 Å². The molecule has 20 heavy (non-hydrogen) atoms. The molecule has 0 saturated heterocycles. The van der Waals surface area contributed by atoms with Crippen molar-refractivity contribution in [3.8, 4) is 5.75 Å². The van der Waals surface area contributed by atoms with Crippen LogP contribution in [-0.4, -0.2) is 30.6 Å². The summed E-state index contributed by atoms with van der Waals surface area (Å²) in [6, 6.07) is 7.55. The molecule has 0 saturated carbocycles. The van der Waals surface area contributed by atoms with Crippen LogP contribution >= 0.6 is 11.3 Å². The van der Waals surface area contributed by atoms with Crippen molar-refractivity contribution >= 4 is 22.9 Å². The quantitative estimate of drug-likeness (QED) is 0.933.